The molecule has 2 N–H and O–H groups in total. The molecule has 17 heavy (non-hydrogen) atoms. The monoisotopic (exact) mass is 251 g/mol. The molecule has 0 aliphatic carbocycles. The summed E-state index contributed by atoms with van der Waals surface area (Å²) < 4.78 is 10.3. The van der Waals surface area contributed by atoms with Gasteiger partial charge in [0.15, 0.2) is 0 Å². The van der Waals surface area contributed by atoms with E-state index in [1.165, 1.54) is 0 Å². The predicted octanol–water partition coefficient (Wildman–Crippen LogP) is 1.93. The van der Waals surface area contributed by atoms with Crippen molar-refractivity contribution in [3.8, 4) is 17.1 Å². The fraction of sp³-hybridized carbons (Fsp3) is 0.273. The molecule has 1 heterocycles. The fourth-order valence-corrected chi connectivity index (χ4v) is 2.24. The Morgan fingerprint density at radius 3 is 2.88 bits per heavy atom. The lowest BCUT2D eigenvalue weighted by Gasteiger charge is -2.08. The van der Waals surface area contributed by atoms with E-state index < -0.39 is 0 Å². The van der Waals surface area contributed by atoms with Gasteiger partial charge in [-0.15, -0.1) is 11.8 Å². The van der Waals surface area contributed by atoms with Crippen LogP contribution in [-0.4, -0.2) is 23.5 Å². The molecule has 0 saturated heterocycles. The second kappa shape index (κ2) is 5.20. The van der Waals surface area contributed by atoms with E-state index in [4.69, 9.17) is 15.0 Å². The maximum Gasteiger partial charge on any atom is 0.240 e. The van der Waals surface area contributed by atoms with Crippen LogP contribution in [0.2, 0.25) is 0 Å². The summed E-state index contributed by atoms with van der Waals surface area (Å²) in [5, 5.41) is 3.91. The zero-order valence-corrected chi connectivity index (χ0v) is 10.5. The van der Waals surface area contributed by atoms with Gasteiger partial charge in [0.25, 0.3) is 0 Å². The van der Waals surface area contributed by atoms with Crippen LogP contribution < -0.4 is 10.5 Å². The highest BCUT2D eigenvalue weighted by molar-refractivity contribution is 7.98. The first-order valence-corrected chi connectivity index (χ1v) is 6.26. The van der Waals surface area contributed by atoms with Crippen LogP contribution in [0.4, 0.5) is 0 Å². The van der Waals surface area contributed by atoms with Crippen LogP contribution in [-0.2, 0) is 6.54 Å². The molecule has 1 aromatic carbocycles. The van der Waals surface area contributed by atoms with E-state index in [0.29, 0.717) is 11.7 Å². The molecule has 1 aromatic heterocycles. The van der Waals surface area contributed by atoms with Gasteiger partial charge in [-0.2, -0.15) is 4.98 Å². The lowest BCUT2D eigenvalue weighted by atomic mass is 10.2. The minimum absolute atomic E-state index is 0.242. The standard InChI is InChI=1S/C11H13N3O2S/c1-15-8-5-3-4-7(10(8)17-2)11-13-9(6-12)16-14-11/h3-5H,6,12H2,1-2H3. The second-order valence-corrected chi connectivity index (χ2v) is 4.07. The molecule has 6 heteroatoms. The van der Waals surface area contributed by atoms with Gasteiger partial charge in [-0.05, 0) is 18.4 Å². The van der Waals surface area contributed by atoms with Gasteiger partial charge in [0.1, 0.15) is 5.75 Å². The smallest absolute Gasteiger partial charge is 0.240 e. The highest BCUT2D eigenvalue weighted by Crippen LogP contribution is 2.35. The summed E-state index contributed by atoms with van der Waals surface area (Å²) in [6, 6.07) is 5.73. The number of nitrogens with zero attached hydrogens (tertiary/aromatic N) is 2. The van der Waals surface area contributed by atoms with E-state index in [-0.39, 0.29) is 6.54 Å². The van der Waals surface area contributed by atoms with Gasteiger partial charge in [-0.25, -0.2) is 0 Å². The summed E-state index contributed by atoms with van der Waals surface area (Å²) in [6.45, 7) is 0.242. The molecular formula is C11H13N3O2S. The largest absolute Gasteiger partial charge is 0.496 e. The molecule has 90 valence electrons. The molecule has 0 spiro atoms. The van der Waals surface area contributed by atoms with Crippen LogP contribution in [0.15, 0.2) is 27.6 Å². The average molecular weight is 251 g/mol. The van der Waals surface area contributed by atoms with Crippen molar-refractivity contribution < 1.29 is 9.26 Å². The summed E-state index contributed by atoms with van der Waals surface area (Å²) in [7, 11) is 1.64. The van der Waals surface area contributed by atoms with Crippen molar-refractivity contribution in [3.63, 3.8) is 0 Å². The third kappa shape index (κ3) is 2.27. The van der Waals surface area contributed by atoms with Crippen molar-refractivity contribution in [3.05, 3.63) is 24.1 Å². The molecule has 0 atom stereocenters. The average Bonchev–Trinajstić information content (AvgIpc) is 2.86. The van der Waals surface area contributed by atoms with E-state index in [0.717, 1.165) is 16.2 Å². The first-order chi connectivity index (χ1) is 8.30. The normalized spacial score (nSPS) is 10.5. The maximum absolute atomic E-state index is 5.44. The van der Waals surface area contributed by atoms with Crippen LogP contribution >= 0.6 is 11.8 Å². The molecule has 0 aliphatic rings. The van der Waals surface area contributed by atoms with Gasteiger partial charge < -0.3 is 15.0 Å². The molecule has 0 saturated carbocycles. The minimum Gasteiger partial charge on any atom is -0.496 e. The number of benzene rings is 1. The molecule has 5 nitrogen and oxygen atoms in total. The molecule has 0 fully saturated rings. The molecule has 0 unspecified atom stereocenters. The molecule has 0 bridgehead atoms. The number of nitrogens with two attached hydrogens (primary N) is 1. The molecule has 0 aliphatic heterocycles. The molecular weight excluding hydrogens is 238 g/mol. The van der Waals surface area contributed by atoms with Crippen molar-refractivity contribution in [2.75, 3.05) is 13.4 Å². The number of hydrogen-bond donors (Lipinski definition) is 1. The predicted molar refractivity (Wildman–Crippen MR) is 66.0 cm³/mol. The van der Waals surface area contributed by atoms with E-state index >= 15 is 0 Å². The lowest BCUT2D eigenvalue weighted by molar-refractivity contribution is 0.380. The summed E-state index contributed by atoms with van der Waals surface area (Å²) >= 11 is 1.58. The molecule has 0 amide bonds. The Balaban J connectivity index is 2.50. The zero-order chi connectivity index (χ0) is 12.3. The van der Waals surface area contributed by atoms with E-state index in [2.05, 4.69) is 10.1 Å². The summed E-state index contributed by atoms with van der Waals surface area (Å²) in [6.07, 6.45) is 1.98. The van der Waals surface area contributed by atoms with Crippen LogP contribution in [0, 0.1) is 0 Å². The Morgan fingerprint density at radius 1 is 1.47 bits per heavy atom. The molecule has 2 rings (SSSR count). The number of ether oxygens (including phenoxy) is 1. The number of methoxy groups -OCH3 is 1. The van der Waals surface area contributed by atoms with Gasteiger partial charge in [0.2, 0.25) is 11.7 Å². The summed E-state index contributed by atoms with van der Waals surface area (Å²) in [5.74, 6) is 1.76. The molecule has 2 aromatic rings. The first-order valence-electron chi connectivity index (χ1n) is 5.04. The Morgan fingerprint density at radius 2 is 2.29 bits per heavy atom. The topological polar surface area (TPSA) is 74.2 Å². The third-order valence-electron chi connectivity index (χ3n) is 2.29. The number of thioether (sulfide) groups is 1. The SMILES string of the molecule is COc1cccc(-c2noc(CN)n2)c1SC. The van der Waals surface area contributed by atoms with Crippen molar-refractivity contribution in [2.45, 2.75) is 11.4 Å². The molecule has 0 radical (unpaired) electrons. The van der Waals surface area contributed by atoms with Crippen LogP contribution in [0.5, 0.6) is 5.75 Å². The van der Waals surface area contributed by atoms with E-state index in [9.17, 15) is 0 Å². The number of hydrogen-bond acceptors (Lipinski definition) is 6. The van der Waals surface area contributed by atoms with Gasteiger partial charge in [-0.3, -0.25) is 0 Å². The first kappa shape index (κ1) is 11.9. The van der Waals surface area contributed by atoms with E-state index in [1.54, 1.807) is 18.9 Å². The summed E-state index contributed by atoms with van der Waals surface area (Å²) in [5.41, 5.74) is 6.33. The van der Waals surface area contributed by atoms with Gasteiger partial charge in [0, 0.05) is 5.56 Å². The van der Waals surface area contributed by atoms with Crippen molar-refractivity contribution in [1.29, 1.82) is 0 Å². The highest BCUT2D eigenvalue weighted by Gasteiger charge is 2.14. The van der Waals surface area contributed by atoms with Gasteiger partial charge >= 0.3 is 0 Å². The fourth-order valence-electron chi connectivity index (χ4n) is 1.51. The third-order valence-corrected chi connectivity index (χ3v) is 3.12. The quantitative estimate of drug-likeness (QED) is 0.837. The van der Waals surface area contributed by atoms with Crippen LogP contribution in [0.1, 0.15) is 5.89 Å². The highest BCUT2D eigenvalue weighted by atomic mass is 32.2. The second-order valence-electron chi connectivity index (χ2n) is 3.26. The maximum atomic E-state index is 5.44. The number of aromatic nitrogens is 2. The van der Waals surface area contributed by atoms with Crippen molar-refractivity contribution >= 4 is 11.8 Å². The van der Waals surface area contributed by atoms with Gasteiger partial charge in [-0.1, -0.05) is 11.2 Å². The van der Waals surface area contributed by atoms with Crippen molar-refractivity contribution in [2.24, 2.45) is 5.73 Å². The number of rotatable bonds is 4. The van der Waals surface area contributed by atoms with Gasteiger partial charge in [0.05, 0.1) is 18.6 Å². The Kier molecular flexibility index (Phi) is 3.65. The zero-order valence-electron chi connectivity index (χ0n) is 9.64. The van der Waals surface area contributed by atoms with Crippen molar-refractivity contribution in [1.82, 2.24) is 10.1 Å². The Labute approximate surface area is 103 Å². The van der Waals surface area contributed by atoms with Crippen LogP contribution in [0.3, 0.4) is 0 Å². The van der Waals surface area contributed by atoms with Crippen LogP contribution in [0.25, 0.3) is 11.4 Å². The summed E-state index contributed by atoms with van der Waals surface area (Å²) in [4.78, 5) is 5.20. The Hall–Kier alpha value is -1.53. The lowest BCUT2D eigenvalue weighted by Crippen LogP contribution is -1.96. The Bertz CT molecular complexity index is 513. The minimum atomic E-state index is 0.242. The van der Waals surface area contributed by atoms with E-state index in [1.807, 2.05) is 24.5 Å².